The van der Waals surface area contributed by atoms with Crippen molar-refractivity contribution in [1.82, 2.24) is 4.90 Å². The van der Waals surface area contributed by atoms with Crippen LogP contribution in [0, 0.1) is 21.0 Å². The summed E-state index contributed by atoms with van der Waals surface area (Å²) in [5.41, 5.74) is 5.58. The van der Waals surface area contributed by atoms with Gasteiger partial charge in [0, 0.05) is 0 Å². The standard InChI is InChI=1S/C23H18AsF3IN2O2/c25-17-9-7-15(19(20(17)27)24-16-8-6-14(28)10-18(16)26)22(31)30-11-23(32,12-30)21(29)13-4-2-1-3-5-13/h1-10,21,32H,11-12,29H2. The van der Waals surface area contributed by atoms with Gasteiger partial charge in [-0.05, 0) is 0 Å². The number of benzene rings is 3. The third-order valence-corrected chi connectivity index (χ3v) is 8.72. The average Bonchev–Trinajstić information content (AvgIpc) is 2.76. The summed E-state index contributed by atoms with van der Waals surface area (Å²) in [6.07, 6.45) is 0. The fraction of sp³-hybridized carbons (Fsp3) is 0.174. The Kier molecular flexibility index (Phi) is 6.68. The van der Waals surface area contributed by atoms with Crippen LogP contribution in [-0.2, 0) is 0 Å². The minimum atomic E-state index is -1.33. The zero-order valence-corrected chi connectivity index (χ0v) is 20.6. The van der Waals surface area contributed by atoms with Crippen LogP contribution in [0.2, 0.25) is 0 Å². The first kappa shape index (κ1) is 23.3. The molecule has 0 saturated carbocycles. The van der Waals surface area contributed by atoms with Gasteiger partial charge in [-0.25, -0.2) is 0 Å². The second-order valence-electron chi connectivity index (χ2n) is 7.62. The maximum atomic E-state index is 14.7. The number of β-amino-alcohol motifs (C(OH)–C–C–N with tert-alkyl or cyclic N) is 1. The molecule has 9 heteroatoms. The van der Waals surface area contributed by atoms with Crippen LogP contribution in [0.15, 0.2) is 60.7 Å². The Bertz CT molecular complexity index is 1170. The average molecular weight is 613 g/mol. The summed E-state index contributed by atoms with van der Waals surface area (Å²) in [6, 6.07) is 14.9. The summed E-state index contributed by atoms with van der Waals surface area (Å²) in [5, 5.41) is 10.9. The second kappa shape index (κ2) is 9.17. The van der Waals surface area contributed by atoms with Crippen molar-refractivity contribution in [2.24, 2.45) is 5.73 Å². The Morgan fingerprint density at radius 2 is 1.75 bits per heavy atom. The molecular formula is C23H18AsF3IN2O2. The Labute approximate surface area is 203 Å². The predicted molar refractivity (Wildman–Crippen MR) is 125 cm³/mol. The summed E-state index contributed by atoms with van der Waals surface area (Å²) < 4.78 is 43.8. The number of hydrogen-bond donors (Lipinski definition) is 2. The molecule has 0 aromatic heterocycles. The first-order valence-corrected chi connectivity index (χ1v) is 12.6. The number of nitrogens with zero attached hydrogens (tertiary/aromatic N) is 1. The third kappa shape index (κ3) is 4.46. The summed E-state index contributed by atoms with van der Waals surface area (Å²) in [7, 11) is 0. The molecule has 4 rings (SSSR count). The van der Waals surface area contributed by atoms with Crippen LogP contribution in [0.25, 0.3) is 0 Å². The number of likely N-dealkylation sites (tertiary alicyclic amines) is 1. The van der Waals surface area contributed by atoms with Crippen molar-refractivity contribution in [1.29, 1.82) is 0 Å². The summed E-state index contributed by atoms with van der Waals surface area (Å²) >= 11 is 0.631. The van der Waals surface area contributed by atoms with Crippen molar-refractivity contribution >= 4 is 53.0 Å². The summed E-state index contributed by atoms with van der Waals surface area (Å²) in [6.45, 7) is -0.0938. The van der Waals surface area contributed by atoms with Gasteiger partial charge in [-0.15, -0.1) is 0 Å². The first-order chi connectivity index (χ1) is 15.2. The SMILES string of the molecule is NC(c1ccccc1)C1(O)CN(C(=O)c2ccc(F)c(F)c2[As]c2ccc(I)cc2F)C1. The molecule has 0 spiro atoms. The first-order valence-electron chi connectivity index (χ1n) is 9.66. The molecule has 1 aliphatic rings. The van der Waals surface area contributed by atoms with Crippen LogP contribution in [0.1, 0.15) is 22.0 Å². The van der Waals surface area contributed by atoms with Crippen LogP contribution >= 0.6 is 22.6 Å². The fourth-order valence-corrected chi connectivity index (χ4v) is 6.28. The minimum absolute atomic E-state index is 0.0304. The van der Waals surface area contributed by atoms with Gasteiger partial charge in [0.25, 0.3) is 0 Å². The van der Waals surface area contributed by atoms with E-state index in [2.05, 4.69) is 0 Å². The molecule has 0 bridgehead atoms. The van der Waals surface area contributed by atoms with Gasteiger partial charge in [0.05, 0.1) is 0 Å². The van der Waals surface area contributed by atoms with E-state index in [0.29, 0.717) is 3.57 Å². The molecule has 1 amide bonds. The number of rotatable bonds is 5. The van der Waals surface area contributed by atoms with Gasteiger partial charge in [0.15, 0.2) is 0 Å². The molecule has 1 unspecified atom stereocenters. The molecule has 1 radical (unpaired) electrons. The van der Waals surface area contributed by atoms with Crippen molar-refractivity contribution in [3.63, 3.8) is 0 Å². The molecular weight excluding hydrogens is 595 g/mol. The third-order valence-electron chi connectivity index (χ3n) is 5.40. The molecule has 1 saturated heterocycles. The molecule has 3 aromatic carbocycles. The van der Waals surface area contributed by atoms with Gasteiger partial charge < -0.3 is 0 Å². The Morgan fingerprint density at radius 3 is 2.41 bits per heavy atom. The number of amides is 1. The van der Waals surface area contributed by atoms with Crippen molar-refractivity contribution < 1.29 is 23.1 Å². The van der Waals surface area contributed by atoms with Gasteiger partial charge in [0.1, 0.15) is 0 Å². The zero-order chi connectivity index (χ0) is 23.0. The van der Waals surface area contributed by atoms with Crippen LogP contribution < -0.4 is 14.4 Å². The van der Waals surface area contributed by atoms with Gasteiger partial charge in [-0.2, -0.15) is 0 Å². The van der Waals surface area contributed by atoms with Gasteiger partial charge in [0.2, 0.25) is 0 Å². The molecule has 1 atom stereocenters. The number of nitrogens with two attached hydrogens (primary N) is 1. The maximum absolute atomic E-state index is 14.7. The molecule has 1 heterocycles. The van der Waals surface area contributed by atoms with E-state index in [1.807, 2.05) is 28.7 Å². The van der Waals surface area contributed by atoms with E-state index in [4.69, 9.17) is 5.73 Å². The van der Waals surface area contributed by atoms with Gasteiger partial charge >= 0.3 is 204 Å². The fourth-order valence-electron chi connectivity index (χ4n) is 3.61. The molecule has 32 heavy (non-hydrogen) atoms. The Balaban J connectivity index is 1.58. The number of hydrogen-bond acceptors (Lipinski definition) is 3. The van der Waals surface area contributed by atoms with Gasteiger partial charge in [-0.3, -0.25) is 0 Å². The van der Waals surface area contributed by atoms with E-state index in [0.717, 1.165) is 11.6 Å². The van der Waals surface area contributed by atoms with Crippen LogP contribution in [0.4, 0.5) is 13.2 Å². The molecule has 3 N–H and O–H groups in total. The van der Waals surface area contributed by atoms with E-state index in [-0.39, 0.29) is 27.4 Å². The van der Waals surface area contributed by atoms with E-state index in [1.54, 1.807) is 30.3 Å². The van der Waals surface area contributed by atoms with Crippen molar-refractivity contribution in [2.75, 3.05) is 13.1 Å². The molecule has 3 aromatic rings. The Morgan fingerprint density at radius 1 is 1.06 bits per heavy atom. The Hall–Kier alpha value is -1.87. The number of aliphatic hydroxyl groups is 1. The topological polar surface area (TPSA) is 66.6 Å². The zero-order valence-electron chi connectivity index (χ0n) is 16.6. The van der Waals surface area contributed by atoms with Crippen molar-refractivity contribution in [3.8, 4) is 0 Å². The molecule has 0 aliphatic carbocycles. The number of carbonyl (C=O) groups is 1. The molecule has 4 nitrogen and oxygen atoms in total. The normalized spacial score (nSPS) is 16.2. The van der Waals surface area contributed by atoms with Gasteiger partial charge in [-0.1, -0.05) is 0 Å². The molecule has 1 aliphatic heterocycles. The monoisotopic (exact) mass is 613 g/mol. The van der Waals surface area contributed by atoms with Crippen LogP contribution in [0.3, 0.4) is 0 Å². The summed E-state index contributed by atoms with van der Waals surface area (Å²) in [5.74, 6) is -3.31. The van der Waals surface area contributed by atoms with E-state index >= 15 is 0 Å². The quantitative estimate of drug-likeness (QED) is 0.343. The van der Waals surface area contributed by atoms with Crippen molar-refractivity contribution in [2.45, 2.75) is 11.6 Å². The second-order valence-corrected chi connectivity index (χ2v) is 11.3. The van der Waals surface area contributed by atoms with E-state index in [9.17, 15) is 23.1 Å². The molecule has 1 fully saturated rings. The summed E-state index contributed by atoms with van der Waals surface area (Å²) in [4.78, 5) is 14.4. The van der Waals surface area contributed by atoms with E-state index in [1.165, 1.54) is 23.1 Å². The molecule has 165 valence electrons. The van der Waals surface area contributed by atoms with Crippen molar-refractivity contribution in [3.05, 3.63) is 92.8 Å². The van der Waals surface area contributed by atoms with E-state index < -0.39 is 50.8 Å². The van der Waals surface area contributed by atoms with Crippen LogP contribution in [0.5, 0.6) is 0 Å². The number of carbonyl (C=O) groups excluding carboxylic acids is 1. The van der Waals surface area contributed by atoms with Crippen LogP contribution in [-0.4, -0.2) is 50.4 Å². The predicted octanol–water partition coefficient (Wildman–Crippen LogP) is 2.25. The number of halogens is 4.